The summed E-state index contributed by atoms with van der Waals surface area (Å²) in [6, 6.07) is 10.3. The normalized spacial score (nSPS) is 16.3. The van der Waals surface area contributed by atoms with Crippen LogP contribution in [0.4, 0.5) is 5.82 Å². The number of hydrogen-bond acceptors (Lipinski definition) is 5. The van der Waals surface area contributed by atoms with Crippen molar-refractivity contribution in [3.8, 4) is 11.8 Å². The molecule has 0 bridgehead atoms. The lowest BCUT2D eigenvalue weighted by molar-refractivity contribution is 0.229. The maximum absolute atomic E-state index is 9.31. The molecule has 0 saturated carbocycles. The molecule has 22 heavy (non-hydrogen) atoms. The molecular formula is C17H18N4O. The molecule has 0 spiro atoms. The van der Waals surface area contributed by atoms with E-state index in [4.69, 9.17) is 4.74 Å². The molecule has 3 rings (SSSR count). The Kier molecular flexibility index (Phi) is 3.92. The Morgan fingerprint density at radius 2 is 2.14 bits per heavy atom. The maximum atomic E-state index is 9.31. The highest BCUT2D eigenvalue weighted by Gasteiger charge is 2.20. The number of benzene rings is 1. The van der Waals surface area contributed by atoms with Gasteiger partial charge in [-0.15, -0.1) is 5.10 Å². The van der Waals surface area contributed by atoms with E-state index in [9.17, 15) is 5.26 Å². The summed E-state index contributed by atoms with van der Waals surface area (Å²) in [4.78, 5) is 0. The first-order valence-corrected chi connectivity index (χ1v) is 7.37. The molecule has 0 saturated heterocycles. The average Bonchev–Trinajstić information content (AvgIpc) is 2.55. The Hall–Kier alpha value is -2.61. The summed E-state index contributed by atoms with van der Waals surface area (Å²) in [6.45, 7) is 5.14. The Morgan fingerprint density at radius 3 is 2.95 bits per heavy atom. The standard InChI is InChI=1S/C17H18N4O/c1-11-12(2)20-21-17(15(11)8-18)19-9-13-7-14-5-3-4-6-16(14)22-10-13/h3-6,13H,7,9-10H2,1-2H3,(H,19,21). The first-order chi connectivity index (χ1) is 10.7. The zero-order valence-electron chi connectivity index (χ0n) is 12.8. The van der Waals surface area contributed by atoms with Crippen LogP contribution in [0.5, 0.6) is 5.75 Å². The van der Waals surface area contributed by atoms with Gasteiger partial charge in [-0.25, -0.2) is 0 Å². The predicted molar refractivity (Wildman–Crippen MR) is 83.8 cm³/mol. The van der Waals surface area contributed by atoms with Crippen molar-refractivity contribution in [2.75, 3.05) is 18.5 Å². The number of hydrogen-bond donors (Lipinski definition) is 1. The zero-order chi connectivity index (χ0) is 15.5. The van der Waals surface area contributed by atoms with E-state index >= 15 is 0 Å². The summed E-state index contributed by atoms with van der Waals surface area (Å²) < 4.78 is 5.78. The fraction of sp³-hybridized carbons (Fsp3) is 0.353. The van der Waals surface area contributed by atoms with E-state index in [0.717, 1.165) is 23.4 Å². The molecule has 1 N–H and O–H groups in total. The van der Waals surface area contributed by atoms with Crippen LogP contribution in [0.1, 0.15) is 22.4 Å². The molecule has 0 fully saturated rings. The number of anilines is 1. The zero-order valence-corrected chi connectivity index (χ0v) is 12.8. The largest absolute Gasteiger partial charge is 0.493 e. The highest BCUT2D eigenvalue weighted by atomic mass is 16.5. The number of nitriles is 1. The van der Waals surface area contributed by atoms with Gasteiger partial charge < -0.3 is 10.1 Å². The number of para-hydroxylation sites is 1. The second-order valence-electron chi connectivity index (χ2n) is 5.62. The van der Waals surface area contributed by atoms with Gasteiger partial charge in [0.15, 0.2) is 5.82 Å². The number of aryl methyl sites for hydroxylation is 1. The number of aromatic nitrogens is 2. The smallest absolute Gasteiger partial charge is 0.166 e. The first kappa shape index (κ1) is 14.3. The third kappa shape index (κ3) is 2.73. The van der Waals surface area contributed by atoms with Crippen molar-refractivity contribution in [3.05, 3.63) is 46.6 Å². The molecule has 1 aliphatic heterocycles. The van der Waals surface area contributed by atoms with Crippen molar-refractivity contribution in [2.24, 2.45) is 5.92 Å². The monoisotopic (exact) mass is 294 g/mol. The molecule has 1 atom stereocenters. The number of fused-ring (bicyclic) bond motifs is 1. The molecule has 5 nitrogen and oxygen atoms in total. The number of ether oxygens (including phenoxy) is 1. The fourth-order valence-corrected chi connectivity index (χ4v) is 2.63. The van der Waals surface area contributed by atoms with Crippen molar-refractivity contribution in [2.45, 2.75) is 20.3 Å². The molecule has 0 amide bonds. The average molecular weight is 294 g/mol. The molecule has 2 heterocycles. The van der Waals surface area contributed by atoms with E-state index in [1.165, 1.54) is 5.56 Å². The summed E-state index contributed by atoms with van der Waals surface area (Å²) in [5.74, 6) is 1.89. The summed E-state index contributed by atoms with van der Waals surface area (Å²) in [6.07, 6.45) is 0.962. The van der Waals surface area contributed by atoms with Gasteiger partial charge in [0.25, 0.3) is 0 Å². The van der Waals surface area contributed by atoms with Crippen LogP contribution in [0.15, 0.2) is 24.3 Å². The summed E-state index contributed by atoms with van der Waals surface area (Å²) >= 11 is 0. The van der Waals surface area contributed by atoms with Crippen LogP contribution in [0.3, 0.4) is 0 Å². The van der Waals surface area contributed by atoms with E-state index in [1.807, 2.05) is 32.0 Å². The molecule has 0 radical (unpaired) electrons. The van der Waals surface area contributed by atoms with Crippen LogP contribution >= 0.6 is 0 Å². The topological polar surface area (TPSA) is 70.8 Å². The highest BCUT2D eigenvalue weighted by molar-refractivity contribution is 5.55. The fourth-order valence-electron chi connectivity index (χ4n) is 2.63. The van der Waals surface area contributed by atoms with Gasteiger partial charge in [-0.3, -0.25) is 0 Å². The van der Waals surface area contributed by atoms with E-state index in [2.05, 4.69) is 27.6 Å². The van der Waals surface area contributed by atoms with E-state index in [0.29, 0.717) is 30.5 Å². The molecule has 0 aliphatic carbocycles. The minimum Gasteiger partial charge on any atom is -0.493 e. The van der Waals surface area contributed by atoms with Crippen LogP contribution in [0.2, 0.25) is 0 Å². The molecule has 1 aromatic heterocycles. The maximum Gasteiger partial charge on any atom is 0.166 e. The Balaban J connectivity index is 1.70. The molecule has 1 unspecified atom stereocenters. The highest BCUT2D eigenvalue weighted by Crippen LogP contribution is 2.27. The van der Waals surface area contributed by atoms with Crippen LogP contribution in [-0.2, 0) is 6.42 Å². The van der Waals surface area contributed by atoms with Gasteiger partial charge in [0.2, 0.25) is 0 Å². The van der Waals surface area contributed by atoms with Crippen molar-refractivity contribution in [1.82, 2.24) is 10.2 Å². The lowest BCUT2D eigenvalue weighted by Gasteiger charge is -2.25. The summed E-state index contributed by atoms with van der Waals surface area (Å²) in [5, 5.41) is 20.8. The van der Waals surface area contributed by atoms with E-state index in [-0.39, 0.29) is 0 Å². The molecule has 5 heteroatoms. The van der Waals surface area contributed by atoms with Gasteiger partial charge in [0, 0.05) is 12.5 Å². The van der Waals surface area contributed by atoms with Crippen LogP contribution in [0.25, 0.3) is 0 Å². The van der Waals surface area contributed by atoms with Crippen LogP contribution in [-0.4, -0.2) is 23.3 Å². The Bertz CT molecular complexity index is 736. The summed E-state index contributed by atoms with van der Waals surface area (Å²) in [7, 11) is 0. The minimum absolute atomic E-state index is 0.352. The molecular weight excluding hydrogens is 276 g/mol. The molecule has 1 aliphatic rings. The van der Waals surface area contributed by atoms with Crippen molar-refractivity contribution < 1.29 is 4.74 Å². The lowest BCUT2D eigenvalue weighted by Crippen LogP contribution is -2.27. The van der Waals surface area contributed by atoms with Crippen LogP contribution < -0.4 is 10.1 Å². The van der Waals surface area contributed by atoms with Gasteiger partial charge in [-0.1, -0.05) is 18.2 Å². The molecule has 112 valence electrons. The molecule has 2 aromatic rings. The number of rotatable bonds is 3. The Morgan fingerprint density at radius 1 is 1.32 bits per heavy atom. The van der Waals surface area contributed by atoms with Crippen LogP contribution in [0, 0.1) is 31.1 Å². The quantitative estimate of drug-likeness (QED) is 0.942. The van der Waals surface area contributed by atoms with E-state index in [1.54, 1.807) is 0 Å². The predicted octanol–water partition coefficient (Wildman–Crippen LogP) is 2.63. The van der Waals surface area contributed by atoms with Gasteiger partial charge in [-0.2, -0.15) is 10.4 Å². The SMILES string of the molecule is Cc1nnc(NCC2COc3ccccc3C2)c(C#N)c1C. The Labute approximate surface area is 130 Å². The van der Waals surface area contributed by atoms with Gasteiger partial charge in [0.05, 0.1) is 12.3 Å². The summed E-state index contributed by atoms with van der Waals surface area (Å²) in [5.41, 5.74) is 3.47. The lowest BCUT2D eigenvalue weighted by atomic mass is 9.96. The van der Waals surface area contributed by atoms with Gasteiger partial charge in [0.1, 0.15) is 17.4 Å². The van der Waals surface area contributed by atoms with Gasteiger partial charge >= 0.3 is 0 Å². The second-order valence-corrected chi connectivity index (χ2v) is 5.62. The van der Waals surface area contributed by atoms with E-state index < -0.39 is 0 Å². The number of nitrogens with zero attached hydrogens (tertiary/aromatic N) is 3. The second kappa shape index (κ2) is 6.02. The van der Waals surface area contributed by atoms with Gasteiger partial charge in [-0.05, 0) is 37.5 Å². The van der Waals surface area contributed by atoms with Crippen molar-refractivity contribution >= 4 is 5.82 Å². The minimum atomic E-state index is 0.352. The third-order valence-corrected chi connectivity index (χ3v) is 4.08. The van der Waals surface area contributed by atoms with Crippen molar-refractivity contribution in [1.29, 1.82) is 5.26 Å². The first-order valence-electron chi connectivity index (χ1n) is 7.37. The third-order valence-electron chi connectivity index (χ3n) is 4.08. The van der Waals surface area contributed by atoms with Crippen molar-refractivity contribution in [3.63, 3.8) is 0 Å². The number of nitrogens with one attached hydrogen (secondary N) is 1. The molecule has 1 aromatic carbocycles.